The summed E-state index contributed by atoms with van der Waals surface area (Å²) >= 11 is 0. The molecule has 5 unspecified atom stereocenters. The van der Waals surface area contributed by atoms with Crippen LogP contribution in [0, 0.1) is 0 Å². The predicted molar refractivity (Wildman–Crippen MR) is 39.9 cm³/mol. The normalized spacial score (nSPS) is 51.8. The summed E-state index contributed by atoms with van der Waals surface area (Å²) in [6.07, 6.45) is -4.46. The average molecular weight is 199 g/mol. The van der Waals surface area contributed by atoms with E-state index in [1.807, 2.05) is 0 Å². The van der Waals surface area contributed by atoms with Crippen LogP contribution in [0.2, 0.25) is 0 Å². The highest BCUT2D eigenvalue weighted by molar-refractivity contribution is 5.85. The van der Waals surface area contributed by atoms with E-state index >= 15 is 0 Å². The summed E-state index contributed by atoms with van der Waals surface area (Å²) in [4.78, 5) is 0. The van der Waals surface area contributed by atoms with Crippen LogP contribution in [0.4, 0.5) is 0 Å². The number of aliphatic hydroxyl groups excluding tert-OH is 3. The van der Waals surface area contributed by atoms with E-state index in [4.69, 9.17) is 14.6 Å². The van der Waals surface area contributed by atoms with E-state index in [9.17, 15) is 10.2 Å². The van der Waals surface area contributed by atoms with Gasteiger partial charge in [0.1, 0.15) is 24.4 Å². The van der Waals surface area contributed by atoms with Crippen molar-refractivity contribution in [2.24, 2.45) is 0 Å². The van der Waals surface area contributed by atoms with Crippen LogP contribution in [0.15, 0.2) is 0 Å². The first-order valence-corrected chi connectivity index (χ1v) is 3.51. The van der Waals surface area contributed by atoms with Gasteiger partial charge in [-0.05, 0) is 0 Å². The zero-order valence-corrected chi connectivity index (χ0v) is 6.98. The molecule has 3 rings (SSSR count). The molecule has 6 heteroatoms. The van der Waals surface area contributed by atoms with Gasteiger partial charge in [-0.2, -0.15) is 0 Å². The minimum Gasteiger partial charge on any atom is -0.387 e. The smallest absolute Gasteiger partial charge is 0.184 e. The number of fused-ring (bicyclic) bond motifs is 3. The Labute approximate surface area is 75.3 Å². The van der Waals surface area contributed by atoms with E-state index in [0.29, 0.717) is 0 Å². The highest BCUT2D eigenvalue weighted by atomic mass is 35.5. The first kappa shape index (κ1) is 10.2. The topological polar surface area (TPSA) is 79.2 Å². The molecule has 0 spiro atoms. The van der Waals surface area contributed by atoms with E-state index in [-0.39, 0.29) is 19.0 Å². The quantitative estimate of drug-likeness (QED) is 0.430. The molecule has 0 radical (unpaired) electrons. The van der Waals surface area contributed by atoms with Crippen LogP contribution in [0.5, 0.6) is 0 Å². The van der Waals surface area contributed by atoms with E-state index in [2.05, 4.69) is 0 Å². The molecule has 3 N–H and O–H groups in total. The van der Waals surface area contributed by atoms with Crippen LogP contribution in [0.25, 0.3) is 0 Å². The zero-order chi connectivity index (χ0) is 8.01. The van der Waals surface area contributed by atoms with Crippen LogP contribution in [0.1, 0.15) is 0 Å². The molecule has 0 saturated carbocycles. The van der Waals surface area contributed by atoms with E-state index in [1.54, 1.807) is 0 Å². The van der Waals surface area contributed by atoms with E-state index in [0.717, 1.165) is 0 Å². The van der Waals surface area contributed by atoms with E-state index < -0.39 is 30.7 Å². The predicted octanol–water partition coefficient (Wildman–Crippen LogP) is -1.75. The van der Waals surface area contributed by atoms with Crippen LogP contribution >= 0.6 is 12.4 Å². The van der Waals surface area contributed by atoms with Gasteiger partial charge in [0.15, 0.2) is 6.29 Å². The van der Waals surface area contributed by atoms with Crippen LogP contribution < -0.4 is 0 Å². The second-order valence-corrected chi connectivity index (χ2v) is 2.84. The Hall–Kier alpha value is 0.0900. The molecule has 0 amide bonds. The average Bonchev–Trinajstić information content (AvgIpc) is 1.99. The lowest BCUT2D eigenvalue weighted by molar-refractivity contribution is -0.343. The van der Waals surface area contributed by atoms with Crippen molar-refractivity contribution < 1.29 is 24.8 Å². The third-order valence-corrected chi connectivity index (χ3v) is 2.12. The zero-order valence-electron chi connectivity index (χ0n) is 6.16. The lowest BCUT2D eigenvalue weighted by Crippen LogP contribution is -2.64. The second-order valence-electron chi connectivity index (χ2n) is 2.84. The first-order valence-electron chi connectivity index (χ1n) is 3.51. The van der Waals surface area contributed by atoms with Gasteiger partial charge in [0.25, 0.3) is 0 Å². The Kier molecular flexibility index (Phi) is 2.92. The molecule has 72 valence electrons. The monoisotopic (exact) mass is 198 g/mol. The van der Waals surface area contributed by atoms with Crippen molar-refractivity contribution in [2.45, 2.75) is 30.7 Å². The fourth-order valence-electron chi connectivity index (χ4n) is 1.44. The molecule has 0 aromatic heterocycles. The maximum Gasteiger partial charge on any atom is 0.184 e. The number of aliphatic hydroxyl groups is 3. The summed E-state index contributed by atoms with van der Waals surface area (Å²) in [6.45, 7) is 0.236. The molecular weight excluding hydrogens is 188 g/mol. The lowest BCUT2D eigenvalue weighted by Gasteiger charge is -2.45. The molecule has 3 saturated heterocycles. The third kappa shape index (κ3) is 1.32. The maximum absolute atomic E-state index is 9.22. The minimum absolute atomic E-state index is 0. The van der Waals surface area contributed by atoms with Gasteiger partial charge in [-0.3, -0.25) is 0 Å². The summed E-state index contributed by atoms with van der Waals surface area (Å²) in [6, 6.07) is 0. The molecule has 5 nitrogen and oxygen atoms in total. The van der Waals surface area contributed by atoms with E-state index in [1.165, 1.54) is 0 Å². The fourth-order valence-corrected chi connectivity index (χ4v) is 1.44. The first-order chi connectivity index (χ1) is 5.20. The van der Waals surface area contributed by atoms with Gasteiger partial charge < -0.3 is 24.8 Å². The van der Waals surface area contributed by atoms with Crippen molar-refractivity contribution in [3.63, 3.8) is 0 Å². The molecule has 2 bridgehead atoms. The van der Waals surface area contributed by atoms with Crippen molar-refractivity contribution in [3.8, 4) is 0 Å². The molecular formula is C6H11ClO5. The molecule has 0 aromatic rings. The van der Waals surface area contributed by atoms with Crippen LogP contribution in [0.3, 0.4) is 0 Å². The highest BCUT2D eigenvalue weighted by Gasteiger charge is 2.49. The Bertz CT molecular complexity index is 164. The van der Waals surface area contributed by atoms with Gasteiger partial charge in [0, 0.05) is 0 Å². The van der Waals surface area contributed by atoms with Crippen LogP contribution in [-0.2, 0) is 9.47 Å². The van der Waals surface area contributed by atoms with Crippen molar-refractivity contribution in [1.29, 1.82) is 0 Å². The SMILES string of the molecule is Cl.OC1OC2COC1C(O)C2O. The van der Waals surface area contributed by atoms with Gasteiger partial charge in [0.2, 0.25) is 0 Å². The second kappa shape index (κ2) is 3.45. The number of hydrogen-bond donors (Lipinski definition) is 3. The Balaban J connectivity index is 0.000000720. The Morgan fingerprint density at radius 3 is 2.17 bits per heavy atom. The molecule has 0 aliphatic carbocycles. The molecule has 12 heavy (non-hydrogen) atoms. The largest absolute Gasteiger partial charge is 0.387 e. The van der Waals surface area contributed by atoms with Gasteiger partial charge in [-0.15, -0.1) is 12.4 Å². The highest BCUT2D eigenvalue weighted by Crippen LogP contribution is 2.27. The summed E-state index contributed by atoms with van der Waals surface area (Å²) in [5.41, 5.74) is 0. The molecule has 3 aliphatic heterocycles. The standard InChI is InChI=1S/C6H10O5.ClH/c7-3-2-1-10-5(4(3)8)6(9)11-2;/h2-9H,1H2;1H. The van der Waals surface area contributed by atoms with Crippen LogP contribution in [-0.4, -0.2) is 52.6 Å². The lowest BCUT2D eigenvalue weighted by atomic mass is 9.96. The Morgan fingerprint density at radius 1 is 1.08 bits per heavy atom. The number of hydrogen-bond acceptors (Lipinski definition) is 5. The third-order valence-electron chi connectivity index (χ3n) is 2.12. The number of rotatable bonds is 0. The van der Waals surface area contributed by atoms with Crippen molar-refractivity contribution in [3.05, 3.63) is 0 Å². The van der Waals surface area contributed by atoms with Crippen molar-refractivity contribution in [2.75, 3.05) is 6.61 Å². The summed E-state index contributed by atoms with van der Waals surface area (Å²) in [7, 11) is 0. The number of halogens is 1. The number of ether oxygens (including phenoxy) is 2. The molecule has 5 atom stereocenters. The maximum atomic E-state index is 9.22. The molecule has 3 aliphatic rings. The van der Waals surface area contributed by atoms with Gasteiger partial charge in [-0.1, -0.05) is 0 Å². The van der Waals surface area contributed by atoms with Crippen molar-refractivity contribution in [1.82, 2.24) is 0 Å². The summed E-state index contributed by atoms with van der Waals surface area (Å²) in [5.74, 6) is 0. The summed E-state index contributed by atoms with van der Waals surface area (Å²) in [5, 5.41) is 27.5. The molecule has 0 aromatic carbocycles. The summed E-state index contributed by atoms with van der Waals surface area (Å²) < 4.78 is 9.88. The minimum atomic E-state index is -1.10. The van der Waals surface area contributed by atoms with Crippen molar-refractivity contribution >= 4 is 12.4 Å². The van der Waals surface area contributed by atoms with Gasteiger partial charge in [0.05, 0.1) is 6.61 Å². The van der Waals surface area contributed by atoms with Gasteiger partial charge in [-0.25, -0.2) is 0 Å². The molecule has 3 heterocycles. The molecule has 3 fully saturated rings. The fraction of sp³-hybridized carbons (Fsp3) is 1.00. The Morgan fingerprint density at radius 2 is 1.75 bits per heavy atom. The van der Waals surface area contributed by atoms with Gasteiger partial charge >= 0.3 is 0 Å².